The molecule has 0 radical (unpaired) electrons. The average molecular weight is 298 g/mol. The smallest absolute Gasteiger partial charge is 0.269 e. The lowest BCUT2D eigenvalue weighted by molar-refractivity contribution is 0.0995. The molecule has 0 aromatic carbocycles. The highest BCUT2D eigenvalue weighted by Crippen LogP contribution is 2.21. The molecule has 0 unspecified atom stereocenters. The summed E-state index contributed by atoms with van der Waals surface area (Å²) < 4.78 is 7.00. The summed E-state index contributed by atoms with van der Waals surface area (Å²) in [7, 11) is 1.49. The fourth-order valence-electron chi connectivity index (χ4n) is 1.16. The van der Waals surface area contributed by atoms with Crippen LogP contribution in [0.2, 0.25) is 0 Å². The van der Waals surface area contributed by atoms with Gasteiger partial charge in [0.25, 0.3) is 11.9 Å². The number of carbonyl (C=O) groups is 1. The van der Waals surface area contributed by atoms with E-state index in [-0.39, 0.29) is 11.6 Å². The Balaban J connectivity index is 2.42. The van der Waals surface area contributed by atoms with Crippen LogP contribution in [0.25, 0.3) is 5.95 Å². The highest BCUT2D eigenvalue weighted by atomic mass is 79.9. The summed E-state index contributed by atoms with van der Waals surface area (Å²) in [6.45, 7) is 0. The Morgan fingerprint density at radius 1 is 1.59 bits per heavy atom. The van der Waals surface area contributed by atoms with Gasteiger partial charge in [0.1, 0.15) is 5.69 Å². The third-order valence-corrected chi connectivity index (χ3v) is 2.48. The monoisotopic (exact) mass is 297 g/mol. The van der Waals surface area contributed by atoms with Gasteiger partial charge in [-0.15, -0.1) is 0 Å². The molecule has 0 aliphatic rings. The molecule has 2 rings (SSSR count). The third kappa shape index (κ3) is 2.26. The fourth-order valence-corrected chi connectivity index (χ4v) is 1.52. The van der Waals surface area contributed by atoms with E-state index < -0.39 is 5.91 Å². The Labute approximate surface area is 105 Å². The molecule has 2 aromatic heterocycles. The van der Waals surface area contributed by atoms with Crippen molar-refractivity contribution in [3.63, 3.8) is 0 Å². The van der Waals surface area contributed by atoms with E-state index in [1.54, 1.807) is 6.20 Å². The number of carbonyl (C=O) groups excluding carboxylic acids is 1. The van der Waals surface area contributed by atoms with Gasteiger partial charge in [-0.05, 0) is 22.0 Å². The zero-order chi connectivity index (χ0) is 12.4. The molecule has 0 saturated heterocycles. The van der Waals surface area contributed by atoms with Crippen LogP contribution in [0.1, 0.15) is 10.5 Å². The van der Waals surface area contributed by atoms with Crippen molar-refractivity contribution in [1.29, 1.82) is 0 Å². The van der Waals surface area contributed by atoms with Crippen molar-refractivity contribution < 1.29 is 9.53 Å². The number of rotatable bonds is 3. The normalized spacial score (nSPS) is 10.2. The maximum absolute atomic E-state index is 10.9. The second-order valence-corrected chi connectivity index (χ2v) is 3.89. The Bertz CT molecular complexity index is 568. The highest BCUT2D eigenvalue weighted by molar-refractivity contribution is 9.10. The molecular formula is C9H8BrN5O2. The van der Waals surface area contributed by atoms with Gasteiger partial charge in [-0.1, -0.05) is 0 Å². The van der Waals surface area contributed by atoms with Crippen LogP contribution in [0.3, 0.4) is 0 Å². The summed E-state index contributed by atoms with van der Waals surface area (Å²) >= 11 is 3.24. The van der Waals surface area contributed by atoms with E-state index in [4.69, 9.17) is 10.5 Å². The van der Waals surface area contributed by atoms with Crippen molar-refractivity contribution in [3.8, 4) is 11.8 Å². The molecule has 17 heavy (non-hydrogen) atoms. The molecule has 88 valence electrons. The van der Waals surface area contributed by atoms with E-state index in [1.165, 1.54) is 24.1 Å². The van der Waals surface area contributed by atoms with Crippen LogP contribution >= 0.6 is 15.9 Å². The van der Waals surface area contributed by atoms with Crippen molar-refractivity contribution in [2.24, 2.45) is 5.73 Å². The minimum Gasteiger partial charge on any atom is -0.480 e. The number of halogens is 1. The first-order valence-electron chi connectivity index (χ1n) is 4.54. The van der Waals surface area contributed by atoms with Gasteiger partial charge in [-0.2, -0.15) is 10.1 Å². The van der Waals surface area contributed by atoms with Crippen LogP contribution in [-0.4, -0.2) is 32.8 Å². The standard InChI is InChI=1S/C9H8BrN5O2/c1-17-8-5(10)4-12-9(13-8)15-3-2-6(14-15)7(11)16/h2-4H,1H3,(H2,11,16). The molecule has 2 aromatic rings. The molecule has 0 aliphatic heterocycles. The molecule has 8 heteroatoms. The van der Waals surface area contributed by atoms with E-state index in [0.29, 0.717) is 10.4 Å². The minimum atomic E-state index is -0.604. The topological polar surface area (TPSA) is 95.9 Å². The van der Waals surface area contributed by atoms with Gasteiger partial charge >= 0.3 is 0 Å². The molecular weight excluding hydrogens is 290 g/mol. The van der Waals surface area contributed by atoms with Crippen molar-refractivity contribution in [1.82, 2.24) is 19.7 Å². The predicted molar refractivity (Wildman–Crippen MR) is 61.9 cm³/mol. The molecule has 7 nitrogen and oxygen atoms in total. The molecule has 0 spiro atoms. The average Bonchev–Trinajstić information content (AvgIpc) is 2.79. The summed E-state index contributed by atoms with van der Waals surface area (Å²) in [5.74, 6) is 0.0662. The van der Waals surface area contributed by atoms with Crippen LogP contribution < -0.4 is 10.5 Å². The lowest BCUT2D eigenvalue weighted by atomic mass is 10.4. The molecule has 0 aliphatic carbocycles. The van der Waals surface area contributed by atoms with E-state index in [0.717, 1.165) is 0 Å². The van der Waals surface area contributed by atoms with Gasteiger partial charge in [0, 0.05) is 6.20 Å². The molecule has 1 amide bonds. The molecule has 0 bridgehead atoms. The molecule has 0 fully saturated rings. The van der Waals surface area contributed by atoms with Gasteiger partial charge in [-0.3, -0.25) is 4.79 Å². The van der Waals surface area contributed by atoms with Gasteiger partial charge in [0.2, 0.25) is 5.88 Å². The van der Waals surface area contributed by atoms with E-state index in [1.807, 2.05) is 0 Å². The number of nitrogens with two attached hydrogens (primary N) is 1. The highest BCUT2D eigenvalue weighted by Gasteiger charge is 2.10. The number of methoxy groups -OCH3 is 1. The van der Waals surface area contributed by atoms with Crippen LogP contribution in [0.5, 0.6) is 5.88 Å². The largest absolute Gasteiger partial charge is 0.480 e. The lowest BCUT2D eigenvalue weighted by Gasteiger charge is -2.03. The van der Waals surface area contributed by atoms with Crippen LogP contribution in [0.15, 0.2) is 22.9 Å². The number of nitrogens with zero attached hydrogens (tertiary/aromatic N) is 4. The van der Waals surface area contributed by atoms with Crippen LogP contribution in [-0.2, 0) is 0 Å². The minimum absolute atomic E-state index is 0.149. The molecule has 2 heterocycles. The third-order valence-electron chi connectivity index (χ3n) is 1.94. The maximum atomic E-state index is 10.9. The summed E-state index contributed by atoms with van der Waals surface area (Å²) in [4.78, 5) is 19.0. The summed E-state index contributed by atoms with van der Waals surface area (Å²) in [5, 5.41) is 3.93. The van der Waals surface area contributed by atoms with Gasteiger partial charge < -0.3 is 10.5 Å². The second-order valence-electron chi connectivity index (χ2n) is 3.04. The quantitative estimate of drug-likeness (QED) is 0.891. The molecule has 0 saturated carbocycles. The summed E-state index contributed by atoms with van der Waals surface area (Å²) in [6.07, 6.45) is 3.08. The first kappa shape index (κ1) is 11.5. The number of ether oxygens (including phenoxy) is 1. The van der Waals surface area contributed by atoms with Gasteiger partial charge in [-0.25, -0.2) is 9.67 Å². The first-order chi connectivity index (χ1) is 8.11. The van der Waals surface area contributed by atoms with Crippen molar-refractivity contribution in [2.45, 2.75) is 0 Å². The molecule has 0 atom stereocenters. The number of hydrogen-bond acceptors (Lipinski definition) is 5. The van der Waals surface area contributed by atoms with E-state index in [9.17, 15) is 4.79 Å². The van der Waals surface area contributed by atoms with Crippen molar-refractivity contribution in [3.05, 3.63) is 28.6 Å². The number of hydrogen-bond donors (Lipinski definition) is 1. The SMILES string of the molecule is COc1nc(-n2ccc(C(N)=O)n2)ncc1Br. The fraction of sp³-hybridized carbons (Fsp3) is 0.111. The lowest BCUT2D eigenvalue weighted by Crippen LogP contribution is -2.12. The van der Waals surface area contributed by atoms with Crippen LogP contribution in [0.4, 0.5) is 0 Å². The predicted octanol–water partition coefficient (Wildman–Crippen LogP) is 0.532. The second kappa shape index (κ2) is 4.50. The van der Waals surface area contributed by atoms with Crippen molar-refractivity contribution >= 4 is 21.8 Å². The molecule has 2 N–H and O–H groups in total. The number of amides is 1. The first-order valence-corrected chi connectivity index (χ1v) is 5.33. The number of aromatic nitrogens is 4. The van der Waals surface area contributed by atoms with Gasteiger partial charge in [0.05, 0.1) is 17.8 Å². The van der Waals surface area contributed by atoms with E-state index >= 15 is 0 Å². The Morgan fingerprint density at radius 2 is 2.35 bits per heavy atom. The zero-order valence-electron chi connectivity index (χ0n) is 8.79. The zero-order valence-corrected chi connectivity index (χ0v) is 10.4. The Kier molecular flexibility index (Phi) is 3.05. The number of primary amides is 1. The Hall–Kier alpha value is -1.96. The van der Waals surface area contributed by atoms with Crippen molar-refractivity contribution in [2.75, 3.05) is 7.11 Å². The van der Waals surface area contributed by atoms with Crippen LogP contribution in [0, 0.1) is 0 Å². The summed E-state index contributed by atoms with van der Waals surface area (Å²) in [5.41, 5.74) is 5.25. The maximum Gasteiger partial charge on any atom is 0.269 e. The summed E-state index contributed by atoms with van der Waals surface area (Å²) in [6, 6.07) is 1.49. The van der Waals surface area contributed by atoms with Gasteiger partial charge in [0.15, 0.2) is 0 Å². The Morgan fingerprint density at radius 3 is 2.94 bits per heavy atom. The van der Waals surface area contributed by atoms with E-state index in [2.05, 4.69) is 31.0 Å².